The zero-order valence-electron chi connectivity index (χ0n) is 11.9. The van der Waals surface area contributed by atoms with Crippen molar-refractivity contribution in [2.75, 3.05) is 19.8 Å². The molecule has 0 unspecified atom stereocenters. The van der Waals surface area contributed by atoms with Crippen molar-refractivity contribution < 1.29 is 19.4 Å². The van der Waals surface area contributed by atoms with Crippen LogP contribution < -0.4 is 5.73 Å². The van der Waals surface area contributed by atoms with E-state index in [-0.39, 0.29) is 18.9 Å². The molecule has 3 N–H and O–H groups in total. The average Bonchev–Trinajstić information content (AvgIpc) is 2.27. The molecule has 1 aliphatic rings. The normalized spacial score (nSPS) is 18.9. The number of carboxylic acids is 1. The fourth-order valence-corrected chi connectivity index (χ4v) is 2.17. The number of hydrogen-bond donors (Lipinski definition) is 2. The lowest BCUT2D eigenvalue weighted by Crippen LogP contribution is -2.62. The summed E-state index contributed by atoms with van der Waals surface area (Å²) in [5.41, 5.74) is 4.81. The molecule has 1 aliphatic heterocycles. The van der Waals surface area contributed by atoms with Crippen LogP contribution in [0.25, 0.3) is 0 Å². The van der Waals surface area contributed by atoms with Gasteiger partial charge in [0.1, 0.15) is 0 Å². The molecule has 6 heteroatoms. The monoisotopic (exact) mass is 272 g/mol. The summed E-state index contributed by atoms with van der Waals surface area (Å²) in [6.45, 7) is 6.77. The Balaban J connectivity index is 2.84. The van der Waals surface area contributed by atoms with E-state index >= 15 is 0 Å². The number of carbonyl (C=O) groups excluding carboxylic acids is 1. The number of hydrogen-bond acceptors (Lipinski definition) is 4. The third-order valence-corrected chi connectivity index (χ3v) is 3.42. The third-order valence-electron chi connectivity index (χ3n) is 3.42. The molecular formula is C13H24N2O4. The van der Waals surface area contributed by atoms with Gasteiger partial charge in [0, 0.05) is 25.3 Å². The molecule has 0 radical (unpaired) electrons. The average molecular weight is 272 g/mol. The summed E-state index contributed by atoms with van der Waals surface area (Å²) in [5, 5.41) is 8.80. The lowest BCUT2D eigenvalue weighted by molar-refractivity contribution is -0.147. The maximum absolute atomic E-state index is 12.6. The number of aliphatic carboxylic acids is 1. The van der Waals surface area contributed by atoms with E-state index in [2.05, 4.69) is 0 Å². The van der Waals surface area contributed by atoms with Crippen LogP contribution in [-0.2, 0) is 14.3 Å². The van der Waals surface area contributed by atoms with Crippen LogP contribution >= 0.6 is 0 Å². The molecule has 19 heavy (non-hydrogen) atoms. The van der Waals surface area contributed by atoms with E-state index in [1.54, 1.807) is 4.90 Å². The van der Waals surface area contributed by atoms with Gasteiger partial charge in [0.05, 0.1) is 12.0 Å². The molecule has 6 nitrogen and oxygen atoms in total. The molecule has 1 rings (SSSR count). The Morgan fingerprint density at radius 1 is 1.32 bits per heavy atom. The van der Waals surface area contributed by atoms with Gasteiger partial charge in [-0.3, -0.25) is 9.59 Å². The fraction of sp³-hybridized carbons (Fsp3) is 0.846. The largest absolute Gasteiger partial charge is 0.481 e. The van der Waals surface area contributed by atoms with Gasteiger partial charge in [-0.2, -0.15) is 0 Å². The minimum absolute atomic E-state index is 0.0738. The van der Waals surface area contributed by atoms with Crippen molar-refractivity contribution >= 4 is 11.9 Å². The van der Waals surface area contributed by atoms with Gasteiger partial charge in [-0.1, -0.05) is 0 Å². The van der Waals surface area contributed by atoms with Crippen molar-refractivity contribution in [3.05, 3.63) is 0 Å². The van der Waals surface area contributed by atoms with Crippen molar-refractivity contribution in [1.29, 1.82) is 0 Å². The van der Waals surface area contributed by atoms with Crippen molar-refractivity contribution in [3.63, 3.8) is 0 Å². The van der Waals surface area contributed by atoms with Gasteiger partial charge in [0.2, 0.25) is 5.91 Å². The first kappa shape index (κ1) is 15.9. The Labute approximate surface area is 113 Å². The van der Waals surface area contributed by atoms with Crippen molar-refractivity contribution in [2.45, 2.75) is 51.1 Å². The van der Waals surface area contributed by atoms with Gasteiger partial charge in [0.15, 0.2) is 0 Å². The van der Waals surface area contributed by atoms with E-state index in [4.69, 9.17) is 15.6 Å². The number of rotatable bonds is 4. The summed E-state index contributed by atoms with van der Waals surface area (Å²) in [4.78, 5) is 24.9. The van der Waals surface area contributed by atoms with Gasteiger partial charge in [-0.15, -0.1) is 0 Å². The van der Waals surface area contributed by atoms with E-state index in [0.717, 1.165) is 0 Å². The van der Waals surface area contributed by atoms with E-state index < -0.39 is 17.0 Å². The summed E-state index contributed by atoms with van der Waals surface area (Å²) < 4.78 is 5.23. The standard InChI is InChI=1S/C13H24N2O4/c1-12(2,3)15(7-4-10(16)17)11(18)13(14)5-8-19-9-6-13/h4-9,14H2,1-3H3,(H,16,17). The number of carbonyl (C=O) groups is 2. The second-order valence-corrected chi connectivity index (χ2v) is 6.04. The number of nitrogens with two attached hydrogens (primary N) is 1. The summed E-state index contributed by atoms with van der Waals surface area (Å²) in [7, 11) is 0. The second-order valence-electron chi connectivity index (χ2n) is 6.04. The molecule has 110 valence electrons. The van der Waals surface area contributed by atoms with Crippen LogP contribution in [0.2, 0.25) is 0 Å². The summed E-state index contributed by atoms with van der Waals surface area (Å²) in [6.07, 6.45) is 0.882. The molecule has 1 saturated heterocycles. The number of carboxylic acid groups (broad SMARTS) is 1. The SMILES string of the molecule is CC(C)(C)N(CCC(=O)O)C(=O)C1(N)CCOCC1. The lowest BCUT2D eigenvalue weighted by Gasteiger charge is -2.42. The molecule has 1 amide bonds. The van der Waals surface area contributed by atoms with E-state index in [1.807, 2.05) is 20.8 Å². The number of amides is 1. The molecular weight excluding hydrogens is 248 g/mol. The molecule has 0 bridgehead atoms. The molecule has 0 saturated carbocycles. The van der Waals surface area contributed by atoms with Crippen LogP contribution in [0, 0.1) is 0 Å². The first-order valence-corrected chi connectivity index (χ1v) is 6.57. The topological polar surface area (TPSA) is 92.9 Å². The van der Waals surface area contributed by atoms with Gasteiger partial charge < -0.3 is 20.5 Å². The van der Waals surface area contributed by atoms with Crippen molar-refractivity contribution in [2.24, 2.45) is 5.73 Å². The van der Waals surface area contributed by atoms with E-state index in [0.29, 0.717) is 26.1 Å². The first-order chi connectivity index (χ1) is 8.67. The third kappa shape index (κ3) is 4.18. The minimum atomic E-state index is -0.927. The highest BCUT2D eigenvalue weighted by atomic mass is 16.5. The molecule has 1 fully saturated rings. The molecule has 0 atom stereocenters. The first-order valence-electron chi connectivity index (χ1n) is 6.57. The Bertz CT molecular complexity index is 343. The highest BCUT2D eigenvalue weighted by Gasteiger charge is 2.42. The number of nitrogens with zero attached hydrogens (tertiary/aromatic N) is 1. The van der Waals surface area contributed by atoms with Crippen molar-refractivity contribution in [1.82, 2.24) is 4.90 Å². The minimum Gasteiger partial charge on any atom is -0.481 e. The molecule has 0 aromatic heterocycles. The van der Waals surface area contributed by atoms with Crippen LogP contribution in [0.4, 0.5) is 0 Å². The molecule has 0 aliphatic carbocycles. The molecule has 0 spiro atoms. The van der Waals surface area contributed by atoms with Gasteiger partial charge in [-0.25, -0.2) is 0 Å². The van der Waals surface area contributed by atoms with Crippen molar-refractivity contribution in [3.8, 4) is 0 Å². The zero-order valence-corrected chi connectivity index (χ0v) is 11.9. The van der Waals surface area contributed by atoms with Crippen LogP contribution in [0.5, 0.6) is 0 Å². The van der Waals surface area contributed by atoms with Gasteiger partial charge in [-0.05, 0) is 33.6 Å². The highest BCUT2D eigenvalue weighted by molar-refractivity contribution is 5.87. The Morgan fingerprint density at radius 2 is 1.84 bits per heavy atom. The highest BCUT2D eigenvalue weighted by Crippen LogP contribution is 2.25. The fourth-order valence-electron chi connectivity index (χ4n) is 2.17. The second kappa shape index (κ2) is 5.88. The summed E-state index contributed by atoms with van der Waals surface area (Å²) in [6, 6.07) is 0. The quantitative estimate of drug-likeness (QED) is 0.781. The lowest BCUT2D eigenvalue weighted by atomic mass is 9.88. The molecule has 0 aromatic carbocycles. The number of ether oxygens (including phenoxy) is 1. The summed E-state index contributed by atoms with van der Waals surface area (Å²) in [5.74, 6) is -1.09. The zero-order chi connectivity index (χ0) is 14.7. The van der Waals surface area contributed by atoms with Gasteiger partial charge in [0.25, 0.3) is 0 Å². The molecule has 1 heterocycles. The smallest absolute Gasteiger partial charge is 0.305 e. The van der Waals surface area contributed by atoms with Crippen LogP contribution in [0.15, 0.2) is 0 Å². The van der Waals surface area contributed by atoms with Crippen LogP contribution in [0.3, 0.4) is 0 Å². The maximum atomic E-state index is 12.6. The predicted molar refractivity (Wildman–Crippen MR) is 70.7 cm³/mol. The van der Waals surface area contributed by atoms with Crippen LogP contribution in [-0.4, -0.2) is 52.7 Å². The van der Waals surface area contributed by atoms with E-state index in [9.17, 15) is 9.59 Å². The molecule has 0 aromatic rings. The van der Waals surface area contributed by atoms with E-state index in [1.165, 1.54) is 0 Å². The van der Waals surface area contributed by atoms with Crippen LogP contribution in [0.1, 0.15) is 40.0 Å². The Hall–Kier alpha value is -1.14. The Kier molecular flexibility index (Phi) is 4.92. The Morgan fingerprint density at radius 3 is 2.26 bits per heavy atom. The summed E-state index contributed by atoms with van der Waals surface area (Å²) >= 11 is 0. The van der Waals surface area contributed by atoms with Gasteiger partial charge >= 0.3 is 5.97 Å². The predicted octanol–water partition coefficient (Wildman–Crippen LogP) is 0.596. The maximum Gasteiger partial charge on any atom is 0.305 e.